The molecular formula is C13H20N4O2S. The summed E-state index contributed by atoms with van der Waals surface area (Å²) in [6, 6.07) is -0.0335. The predicted molar refractivity (Wildman–Crippen MR) is 78.3 cm³/mol. The normalized spacial score (nSPS) is 12.6. The fourth-order valence-electron chi connectivity index (χ4n) is 2.22. The molecule has 0 spiro atoms. The van der Waals surface area contributed by atoms with E-state index in [1.165, 1.54) is 0 Å². The van der Waals surface area contributed by atoms with Crippen LogP contribution in [0.3, 0.4) is 0 Å². The molecule has 2 aromatic rings. The van der Waals surface area contributed by atoms with Crippen molar-refractivity contribution >= 4 is 11.3 Å². The van der Waals surface area contributed by atoms with Crippen molar-refractivity contribution in [1.29, 1.82) is 0 Å². The van der Waals surface area contributed by atoms with Crippen molar-refractivity contribution in [3.63, 3.8) is 0 Å². The Morgan fingerprint density at radius 2 is 2.25 bits per heavy atom. The second-order valence-corrected chi connectivity index (χ2v) is 5.31. The number of ether oxygens (including phenoxy) is 2. The van der Waals surface area contributed by atoms with Gasteiger partial charge in [0.05, 0.1) is 31.0 Å². The molecule has 7 heteroatoms. The van der Waals surface area contributed by atoms with Gasteiger partial charge in [-0.2, -0.15) is 5.10 Å². The first kappa shape index (κ1) is 15.0. The van der Waals surface area contributed by atoms with Crippen LogP contribution in [-0.4, -0.2) is 42.1 Å². The highest BCUT2D eigenvalue weighted by atomic mass is 32.1. The zero-order valence-corrected chi connectivity index (χ0v) is 13.0. The molecule has 1 unspecified atom stereocenters. The van der Waals surface area contributed by atoms with Crippen molar-refractivity contribution in [3.05, 3.63) is 27.8 Å². The maximum absolute atomic E-state index is 5.49. The molecule has 0 aliphatic carbocycles. The van der Waals surface area contributed by atoms with E-state index < -0.39 is 0 Å². The van der Waals surface area contributed by atoms with Crippen molar-refractivity contribution in [2.24, 2.45) is 7.05 Å². The number of methoxy groups -OCH3 is 2. The quantitative estimate of drug-likeness (QED) is 0.785. The van der Waals surface area contributed by atoms with Gasteiger partial charge in [-0.25, -0.2) is 9.67 Å². The Morgan fingerprint density at radius 3 is 2.85 bits per heavy atom. The lowest BCUT2D eigenvalue weighted by Crippen LogP contribution is -2.26. The molecule has 1 atom stereocenters. The van der Waals surface area contributed by atoms with E-state index in [4.69, 9.17) is 9.47 Å². The summed E-state index contributed by atoms with van der Waals surface area (Å²) in [4.78, 5) is 4.42. The van der Waals surface area contributed by atoms with Gasteiger partial charge in [-0.05, 0) is 6.92 Å². The topological polar surface area (TPSA) is 61.2 Å². The number of hydrogen-bond acceptors (Lipinski definition) is 6. The van der Waals surface area contributed by atoms with E-state index >= 15 is 0 Å². The Balaban J connectivity index is 2.36. The van der Waals surface area contributed by atoms with Crippen LogP contribution in [0.4, 0.5) is 0 Å². The monoisotopic (exact) mass is 296 g/mol. The Hall–Kier alpha value is -1.44. The van der Waals surface area contributed by atoms with Gasteiger partial charge in [0.2, 0.25) is 5.88 Å². The van der Waals surface area contributed by atoms with Crippen molar-refractivity contribution in [2.45, 2.75) is 13.0 Å². The molecule has 110 valence electrons. The molecule has 2 heterocycles. The number of hydrogen-bond donors (Lipinski definition) is 1. The summed E-state index contributed by atoms with van der Waals surface area (Å²) in [7, 11) is 5.23. The highest BCUT2D eigenvalue weighted by Gasteiger charge is 2.26. The lowest BCUT2D eigenvalue weighted by Gasteiger charge is -2.17. The van der Waals surface area contributed by atoms with Crippen LogP contribution in [0.5, 0.6) is 5.88 Å². The van der Waals surface area contributed by atoms with Gasteiger partial charge in [0.25, 0.3) is 0 Å². The van der Waals surface area contributed by atoms with E-state index in [0.717, 1.165) is 28.7 Å². The van der Waals surface area contributed by atoms with Crippen LogP contribution in [0.2, 0.25) is 0 Å². The van der Waals surface area contributed by atoms with E-state index in [1.807, 2.05) is 25.5 Å². The van der Waals surface area contributed by atoms with Crippen LogP contribution < -0.4 is 10.1 Å². The molecule has 0 amide bonds. The maximum Gasteiger partial charge on any atom is 0.216 e. The Kier molecular flexibility index (Phi) is 5.11. The van der Waals surface area contributed by atoms with Crippen LogP contribution >= 0.6 is 11.3 Å². The minimum absolute atomic E-state index is 0.0335. The smallest absolute Gasteiger partial charge is 0.216 e. The first-order valence-corrected chi connectivity index (χ1v) is 7.26. The van der Waals surface area contributed by atoms with Gasteiger partial charge in [0.15, 0.2) is 0 Å². The summed E-state index contributed by atoms with van der Waals surface area (Å²) < 4.78 is 12.3. The van der Waals surface area contributed by atoms with Crippen LogP contribution in [0, 0.1) is 6.92 Å². The molecule has 0 aliphatic heterocycles. The SMILES string of the molecule is COCCNC(c1nccs1)c1c(C)nn(C)c1OC. The molecule has 2 rings (SSSR count). The zero-order valence-electron chi connectivity index (χ0n) is 12.2. The second-order valence-electron chi connectivity index (χ2n) is 4.38. The molecular weight excluding hydrogens is 276 g/mol. The summed E-state index contributed by atoms with van der Waals surface area (Å²) in [5, 5.41) is 10.9. The van der Waals surface area contributed by atoms with E-state index in [1.54, 1.807) is 30.2 Å². The predicted octanol–water partition coefficient (Wildman–Crippen LogP) is 1.52. The van der Waals surface area contributed by atoms with Gasteiger partial charge in [-0.3, -0.25) is 0 Å². The van der Waals surface area contributed by atoms with Gasteiger partial charge in [-0.1, -0.05) is 0 Å². The highest BCUT2D eigenvalue weighted by molar-refractivity contribution is 7.09. The first-order valence-electron chi connectivity index (χ1n) is 6.38. The second kappa shape index (κ2) is 6.83. The average Bonchev–Trinajstić information content (AvgIpc) is 3.03. The Morgan fingerprint density at radius 1 is 1.45 bits per heavy atom. The van der Waals surface area contributed by atoms with E-state index in [9.17, 15) is 0 Å². The third kappa shape index (κ3) is 3.00. The van der Waals surface area contributed by atoms with Gasteiger partial charge in [-0.15, -0.1) is 11.3 Å². The van der Waals surface area contributed by atoms with E-state index in [2.05, 4.69) is 15.4 Å². The zero-order chi connectivity index (χ0) is 14.5. The fourth-order valence-corrected chi connectivity index (χ4v) is 2.94. The molecule has 6 nitrogen and oxygen atoms in total. The van der Waals surface area contributed by atoms with E-state index in [0.29, 0.717) is 6.61 Å². The molecule has 0 radical (unpaired) electrons. The van der Waals surface area contributed by atoms with Crippen LogP contribution in [0.25, 0.3) is 0 Å². The standard InChI is InChI=1S/C13H20N4O2S/c1-9-10(13(19-4)17(2)16-9)11(14-5-7-18-3)12-15-6-8-20-12/h6,8,11,14H,5,7H2,1-4H3. The average molecular weight is 296 g/mol. The number of aromatic nitrogens is 3. The number of thiazole rings is 1. The summed E-state index contributed by atoms with van der Waals surface area (Å²) in [6.45, 7) is 3.36. The Labute approximate surface area is 122 Å². The number of nitrogens with zero attached hydrogens (tertiary/aromatic N) is 3. The first-order chi connectivity index (χ1) is 9.69. The van der Waals surface area contributed by atoms with Crippen molar-refractivity contribution in [3.8, 4) is 5.88 Å². The summed E-state index contributed by atoms with van der Waals surface area (Å²) in [5.41, 5.74) is 1.97. The molecule has 20 heavy (non-hydrogen) atoms. The lowest BCUT2D eigenvalue weighted by molar-refractivity contribution is 0.197. The fraction of sp³-hybridized carbons (Fsp3) is 0.538. The Bertz CT molecular complexity index is 539. The molecule has 1 N–H and O–H groups in total. The van der Waals surface area contributed by atoms with Crippen molar-refractivity contribution < 1.29 is 9.47 Å². The number of aryl methyl sites for hydroxylation is 2. The number of rotatable bonds is 7. The molecule has 0 bridgehead atoms. The van der Waals surface area contributed by atoms with Crippen molar-refractivity contribution in [1.82, 2.24) is 20.1 Å². The molecule has 0 saturated heterocycles. The van der Waals surface area contributed by atoms with Gasteiger partial charge >= 0.3 is 0 Å². The maximum atomic E-state index is 5.49. The molecule has 0 aromatic carbocycles. The summed E-state index contributed by atoms with van der Waals surface area (Å²) in [5.74, 6) is 0.757. The van der Waals surface area contributed by atoms with Gasteiger partial charge in [0.1, 0.15) is 5.01 Å². The molecule has 0 saturated carbocycles. The molecule has 2 aromatic heterocycles. The van der Waals surface area contributed by atoms with Gasteiger partial charge < -0.3 is 14.8 Å². The highest BCUT2D eigenvalue weighted by Crippen LogP contribution is 2.33. The third-order valence-electron chi connectivity index (χ3n) is 3.05. The van der Waals surface area contributed by atoms with Crippen molar-refractivity contribution in [2.75, 3.05) is 27.4 Å². The van der Waals surface area contributed by atoms with E-state index in [-0.39, 0.29) is 6.04 Å². The van der Waals surface area contributed by atoms with Crippen LogP contribution in [0.15, 0.2) is 11.6 Å². The minimum Gasteiger partial charge on any atom is -0.481 e. The van der Waals surface area contributed by atoms with Gasteiger partial charge in [0, 0.05) is 32.3 Å². The van der Waals surface area contributed by atoms with Crippen LogP contribution in [0.1, 0.15) is 22.3 Å². The number of nitrogens with one attached hydrogen (secondary N) is 1. The third-order valence-corrected chi connectivity index (χ3v) is 3.89. The molecule has 0 aliphatic rings. The lowest BCUT2D eigenvalue weighted by atomic mass is 10.1. The molecule has 0 fully saturated rings. The summed E-state index contributed by atoms with van der Waals surface area (Å²) in [6.07, 6.45) is 1.81. The summed E-state index contributed by atoms with van der Waals surface area (Å²) >= 11 is 1.61. The minimum atomic E-state index is -0.0335. The van der Waals surface area contributed by atoms with Crippen LogP contribution in [-0.2, 0) is 11.8 Å². The largest absolute Gasteiger partial charge is 0.481 e.